The van der Waals surface area contributed by atoms with Crippen LogP contribution in [0.3, 0.4) is 0 Å². The molecule has 0 aromatic heterocycles. The van der Waals surface area contributed by atoms with E-state index in [0.29, 0.717) is 12.1 Å². The van der Waals surface area contributed by atoms with Crippen LogP contribution in [0, 0.1) is 0 Å². The molecule has 3 atom stereocenters. The van der Waals surface area contributed by atoms with Crippen LogP contribution in [-0.4, -0.2) is 23.5 Å². The van der Waals surface area contributed by atoms with Crippen LogP contribution < -0.4 is 5.73 Å². The van der Waals surface area contributed by atoms with Crippen molar-refractivity contribution in [1.82, 2.24) is 4.90 Å². The molecular formula is C18H29BrN2. The van der Waals surface area contributed by atoms with Gasteiger partial charge in [-0.25, -0.2) is 0 Å². The van der Waals surface area contributed by atoms with Crippen molar-refractivity contribution in [3.63, 3.8) is 0 Å². The number of halogens is 1. The highest BCUT2D eigenvalue weighted by molar-refractivity contribution is 9.10. The molecule has 0 aliphatic carbocycles. The van der Waals surface area contributed by atoms with Crippen LogP contribution in [0.5, 0.6) is 0 Å². The Labute approximate surface area is 138 Å². The van der Waals surface area contributed by atoms with Crippen LogP contribution in [0.1, 0.15) is 64.0 Å². The lowest BCUT2D eigenvalue weighted by atomic mass is 9.90. The summed E-state index contributed by atoms with van der Waals surface area (Å²) in [5.74, 6) is 0. The van der Waals surface area contributed by atoms with Crippen molar-refractivity contribution >= 4 is 15.9 Å². The Bertz CT molecular complexity index is 416. The molecule has 0 saturated carbocycles. The number of likely N-dealkylation sites (tertiary alicyclic amines) is 1. The first-order valence-corrected chi connectivity index (χ1v) is 9.23. The fraction of sp³-hybridized carbons (Fsp3) is 0.667. The van der Waals surface area contributed by atoms with Crippen molar-refractivity contribution in [3.05, 3.63) is 34.3 Å². The zero-order valence-corrected chi connectivity index (χ0v) is 15.0. The van der Waals surface area contributed by atoms with E-state index in [1.54, 1.807) is 0 Å². The molecular weight excluding hydrogens is 324 g/mol. The van der Waals surface area contributed by atoms with E-state index in [1.807, 2.05) is 0 Å². The minimum atomic E-state index is 0.212. The second-order valence-electron chi connectivity index (χ2n) is 6.24. The summed E-state index contributed by atoms with van der Waals surface area (Å²) in [7, 11) is 0. The Morgan fingerprint density at radius 2 is 1.95 bits per heavy atom. The normalized spacial score (nSPS) is 23.0. The standard InChI is InChI=1S/C18H29BrN2/c1-3-7-16-8-5-6-13-21(16)18(17(20)4-2)14-9-11-15(19)12-10-14/h9-12,16-18H,3-8,13,20H2,1-2H3. The summed E-state index contributed by atoms with van der Waals surface area (Å²) in [6.07, 6.45) is 7.59. The summed E-state index contributed by atoms with van der Waals surface area (Å²) >= 11 is 3.54. The van der Waals surface area contributed by atoms with Gasteiger partial charge in [0.1, 0.15) is 0 Å². The SMILES string of the molecule is CCCC1CCCCN1C(c1ccc(Br)cc1)C(N)CC. The first kappa shape index (κ1) is 17.0. The van der Waals surface area contributed by atoms with Crippen LogP contribution in [0.4, 0.5) is 0 Å². The maximum atomic E-state index is 6.52. The Hall–Kier alpha value is -0.380. The molecule has 0 bridgehead atoms. The molecule has 1 aliphatic heterocycles. The lowest BCUT2D eigenvalue weighted by Crippen LogP contribution is -2.48. The minimum absolute atomic E-state index is 0.212. The van der Waals surface area contributed by atoms with Gasteiger partial charge in [0.05, 0.1) is 6.04 Å². The van der Waals surface area contributed by atoms with Gasteiger partial charge in [-0.1, -0.05) is 54.8 Å². The molecule has 1 aromatic rings. The van der Waals surface area contributed by atoms with Gasteiger partial charge >= 0.3 is 0 Å². The van der Waals surface area contributed by atoms with Gasteiger partial charge in [-0.05, 0) is 49.9 Å². The smallest absolute Gasteiger partial charge is 0.0502 e. The number of nitrogens with zero attached hydrogens (tertiary/aromatic N) is 1. The summed E-state index contributed by atoms with van der Waals surface area (Å²) < 4.78 is 1.14. The van der Waals surface area contributed by atoms with Gasteiger partial charge in [0.2, 0.25) is 0 Å². The van der Waals surface area contributed by atoms with Crippen LogP contribution in [0.15, 0.2) is 28.7 Å². The highest BCUT2D eigenvalue weighted by Crippen LogP contribution is 2.33. The first-order chi connectivity index (χ1) is 10.2. The average Bonchev–Trinajstić information content (AvgIpc) is 2.51. The highest BCUT2D eigenvalue weighted by Gasteiger charge is 2.32. The van der Waals surface area contributed by atoms with Crippen LogP contribution in [0.2, 0.25) is 0 Å². The Morgan fingerprint density at radius 1 is 1.24 bits per heavy atom. The summed E-state index contributed by atoms with van der Waals surface area (Å²) in [5.41, 5.74) is 7.89. The molecule has 1 aliphatic rings. The van der Waals surface area contributed by atoms with Gasteiger partial charge in [-0.2, -0.15) is 0 Å². The van der Waals surface area contributed by atoms with Gasteiger partial charge < -0.3 is 5.73 Å². The number of nitrogens with two attached hydrogens (primary N) is 1. The van der Waals surface area contributed by atoms with Crippen molar-refractivity contribution < 1.29 is 0 Å². The molecule has 2 nitrogen and oxygen atoms in total. The van der Waals surface area contributed by atoms with E-state index < -0.39 is 0 Å². The number of hydrogen-bond donors (Lipinski definition) is 1. The Morgan fingerprint density at radius 3 is 2.57 bits per heavy atom. The molecule has 2 rings (SSSR count). The van der Waals surface area contributed by atoms with E-state index in [4.69, 9.17) is 5.73 Å². The average molecular weight is 353 g/mol. The molecule has 1 heterocycles. The molecule has 21 heavy (non-hydrogen) atoms. The second kappa shape index (κ2) is 8.30. The molecule has 118 valence electrons. The number of rotatable bonds is 6. The minimum Gasteiger partial charge on any atom is -0.326 e. The lowest BCUT2D eigenvalue weighted by molar-refractivity contribution is 0.0726. The van der Waals surface area contributed by atoms with Crippen molar-refractivity contribution in [2.75, 3.05) is 6.54 Å². The van der Waals surface area contributed by atoms with Crippen molar-refractivity contribution in [2.45, 2.75) is 70.5 Å². The third kappa shape index (κ3) is 4.30. The summed E-state index contributed by atoms with van der Waals surface area (Å²) in [4.78, 5) is 2.70. The van der Waals surface area contributed by atoms with Gasteiger partial charge in [0.25, 0.3) is 0 Å². The summed E-state index contributed by atoms with van der Waals surface area (Å²) in [5, 5.41) is 0. The van der Waals surface area contributed by atoms with Gasteiger partial charge in [0, 0.05) is 16.6 Å². The maximum Gasteiger partial charge on any atom is 0.0502 e. The zero-order valence-electron chi connectivity index (χ0n) is 13.4. The predicted octanol–water partition coefficient (Wildman–Crippen LogP) is 4.88. The summed E-state index contributed by atoms with van der Waals surface area (Å²) in [6.45, 7) is 5.69. The van der Waals surface area contributed by atoms with Gasteiger partial charge in [-0.15, -0.1) is 0 Å². The van der Waals surface area contributed by atoms with E-state index in [9.17, 15) is 0 Å². The fourth-order valence-electron chi connectivity index (χ4n) is 3.60. The molecule has 1 fully saturated rings. The summed E-state index contributed by atoms with van der Waals surface area (Å²) in [6, 6.07) is 10.0. The van der Waals surface area contributed by atoms with Gasteiger partial charge in [-0.3, -0.25) is 4.90 Å². The lowest BCUT2D eigenvalue weighted by Gasteiger charge is -2.44. The van der Waals surface area contributed by atoms with Crippen molar-refractivity contribution in [3.8, 4) is 0 Å². The first-order valence-electron chi connectivity index (χ1n) is 8.44. The Balaban J connectivity index is 2.27. The number of piperidine rings is 1. The monoisotopic (exact) mass is 352 g/mol. The van der Waals surface area contributed by atoms with E-state index >= 15 is 0 Å². The van der Waals surface area contributed by atoms with E-state index in [1.165, 1.54) is 44.2 Å². The fourth-order valence-corrected chi connectivity index (χ4v) is 3.86. The van der Waals surface area contributed by atoms with Crippen LogP contribution in [-0.2, 0) is 0 Å². The maximum absolute atomic E-state index is 6.52. The number of benzene rings is 1. The van der Waals surface area contributed by atoms with Crippen molar-refractivity contribution in [2.24, 2.45) is 5.73 Å². The molecule has 2 N–H and O–H groups in total. The molecule has 3 unspecified atom stereocenters. The third-order valence-corrected chi connectivity index (χ3v) is 5.27. The zero-order chi connectivity index (χ0) is 15.2. The molecule has 0 radical (unpaired) electrons. The van der Waals surface area contributed by atoms with Crippen LogP contribution >= 0.6 is 15.9 Å². The van der Waals surface area contributed by atoms with Crippen molar-refractivity contribution in [1.29, 1.82) is 0 Å². The quantitative estimate of drug-likeness (QED) is 0.790. The van der Waals surface area contributed by atoms with Crippen LogP contribution in [0.25, 0.3) is 0 Å². The Kier molecular flexibility index (Phi) is 6.72. The third-order valence-electron chi connectivity index (χ3n) is 4.74. The molecule has 0 amide bonds. The largest absolute Gasteiger partial charge is 0.326 e. The van der Waals surface area contributed by atoms with E-state index in [0.717, 1.165) is 10.9 Å². The second-order valence-corrected chi connectivity index (χ2v) is 7.16. The molecule has 1 aromatic carbocycles. The molecule has 1 saturated heterocycles. The van der Waals surface area contributed by atoms with Gasteiger partial charge in [0.15, 0.2) is 0 Å². The van der Waals surface area contributed by atoms with E-state index in [-0.39, 0.29) is 6.04 Å². The topological polar surface area (TPSA) is 29.3 Å². The number of hydrogen-bond acceptors (Lipinski definition) is 2. The van der Waals surface area contributed by atoms with E-state index in [2.05, 4.69) is 58.9 Å². The molecule has 3 heteroatoms. The predicted molar refractivity (Wildman–Crippen MR) is 94.4 cm³/mol. The molecule has 0 spiro atoms. The highest BCUT2D eigenvalue weighted by atomic mass is 79.9.